The zero-order valence-corrected chi connectivity index (χ0v) is 14.9. The first-order valence-corrected chi connectivity index (χ1v) is 7.37. The summed E-state index contributed by atoms with van der Waals surface area (Å²) in [5, 5.41) is 4.73. The number of para-hydroxylation sites is 1. The summed E-state index contributed by atoms with van der Waals surface area (Å²) in [6, 6.07) is 7.95. The Morgan fingerprint density at radius 1 is 1.13 bits per heavy atom. The number of hydrogen-bond donors (Lipinski definition) is 1. The van der Waals surface area contributed by atoms with E-state index in [2.05, 4.69) is 26.0 Å². The van der Waals surface area contributed by atoms with Crippen molar-refractivity contribution in [3.05, 3.63) is 41.0 Å². The second kappa shape index (κ2) is 9.30. The number of nitrogens with zero attached hydrogens (tertiary/aromatic N) is 4. The number of nitrogens with two attached hydrogens (primary N) is 1. The average molecular weight is 381 g/mol. The third-order valence-electron chi connectivity index (χ3n) is 3.62. The van der Waals surface area contributed by atoms with Crippen LogP contribution >= 0.6 is 36.4 Å². The highest BCUT2D eigenvalue weighted by atomic mass is 35.5. The molecule has 2 heterocycles. The average Bonchev–Trinajstić information content (AvgIpc) is 2.96. The zero-order chi connectivity index (χ0) is 14.7. The van der Waals surface area contributed by atoms with Crippen molar-refractivity contribution in [3.8, 4) is 0 Å². The van der Waals surface area contributed by atoms with E-state index in [0.29, 0.717) is 18.3 Å². The first-order chi connectivity index (χ1) is 10.3. The summed E-state index contributed by atoms with van der Waals surface area (Å²) in [6.07, 6.45) is 0. The van der Waals surface area contributed by atoms with Crippen molar-refractivity contribution in [2.24, 2.45) is 5.73 Å². The Morgan fingerprint density at radius 2 is 1.83 bits per heavy atom. The van der Waals surface area contributed by atoms with Gasteiger partial charge in [0.05, 0.1) is 23.8 Å². The van der Waals surface area contributed by atoms with Crippen LogP contribution in [0.3, 0.4) is 0 Å². The minimum absolute atomic E-state index is 0. The van der Waals surface area contributed by atoms with Gasteiger partial charge in [0.15, 0.2) is 5.82 Å². The summed E-state index contributed by atoms with van der Waals surface area (Å²) in [6.45, 7) is 4.74. The monoisotopic (exact) mass is 379 g/mol. The molecule has 0 bridgehead atoms. The van der Waals surface area contributed by atoms with Crippen LogP contribution in [0, 0.1) is 0 Å². The van der Waals surface area contributed by atoms with Gasteiger partial charge < -0.3 is 15.2 Å². The van der Waals surface area contributed by atoms with Crippen LogP contribution in [-0.2, 0) is 13.1 Å². The molecule has 1 saturated heterocycles. The molecule has 0 radical (unpaired) electrons. The van der Waals surface area contributed by atoms with Crippen molar-refractivity contribution in [1.82, 2.24) is 15.0 Å². The van der Waals surface area contributed by atoms with Gasteiger partial charge >= 0.3 is 0 Å². The first kappa shape index (κ1) is 20.0. The molecule has 0 atom stereocenters. The lowest BCUT2D eigenvalue weighted by Gasteiger charge is -2.35. The maximum absolute atomic E-state index is 6.24. The van der Waals surface area contributed by atoms with E-state index in [1.165, 1.54) is 0 Å². The van der Waals surface area contributed by atoms with Gasteiger partial charge in [-0.2, -0.15) is 4.98 Å². The highest BCUT2D eigenvalue weighted by Gasteiger charge is 2.20. The van der Waals surface area contributed by atoms with Crippen molar-refractivity contribution >= 4 is 42.1 Å². The van der Waals surface area contributed by atoms with Crippen LogP contribution in [0.2, 0.25) is 5.02 Å². The molecule has 3 rings (SSSR count). The Morgan fingerprint density at radius 3 is 2.43 bits per heavy atom. The molecular weight excluding hydrogens is 361 g/mol. The molecule has 1 aliphatic rings. The minimum atomic E-state index is 0. The van der Waals surface area contributed by atoms with Gasteiger partial charge in [-0.15, -0.1) is 24.8 Å². The first-order valence-electron chi connectivity index (χ1n) is 6.99. The largest absolute Gasteiger partial charge is 0.368 e. The van der Waals surface area contributed by atoms with Gasteiger partial charge in [0, 0.05) is 26.2 Å². The molecule has 128 valence electrons. The summed E-state index contributed by atoms with van der Waals surface area (Å²) < 4.78 is 5.02. The van der Waals surface area contributed by atoms with Crippen molar-refractivity contribution in [2.75, 3.05) is 31.1 Å². The third kappa shape index (κ3) is 4.96. The molecule has 0 amide bonds. The molecule has 9 heteroatoms. The number of halogens is 3. The number of anilines is 1. The van der Waals surface area contributed by atoms with Crippen molar-refractivity contribution in [3.63, 3.8) is 0 Å². The molecule has 1 aliphatic heterocycles. The van der Waals surface area contributed by atoms with Crippen LogP contribution in [0.15, 0.2) is 28.8 Å². The fourth-order valence-corrected chi connectivity index (χ4v) is 2.75. The summed E-state index contributed by atoms with van der Waals surface area (Å²) in [5.41, 5.74) is 6.56. The van der Waals surface area contributed by atoms with E-state index in [1.807, 2.05) is 18.2 Å². The van der Waals surface area contributed by atoms with E-state index < -0.39 is 0 Å². The third-order valence-corrected chi connectivity index (χ3v) is 3.93. The van der Waals surface area contributed by atoms with Crippen LogP contribution in [0.5, 0.6) is 0 Å². The molecule has 1 fully saturated rings. The smallest absolute Gasteiger partial charge is 0.240 e. The molecule has 0 unspecified atom stereocenters. The molecule has 0 saturated carbocycles. The highest BCUT2D eigenvalue weighted by molar-refractivity contribution is 6.33. The van der Waals surface area contributed by atoms with Gasteiger partial charge in [-0.1, -0.05) is 28.9 Å². The SMILES string of the molecule is Cl.Cl.NCc1nc(CN2CCN(c3ccccc3Cl)CC2)no1. The molecule has 2 aromatic rings. The summed E-state index contributed by atoms with van der Waals surface area (Å²) in [4.78, 5) is 8.84. The Labute approximate surface area is 152 Å². The normalized spacial score (nSPS) is 15.0. The van der Waals surface area contributed by atoms with Crippen LogP contribution in [0.25, 0.3) is 0 Å². The lowest BCUT2D eigenvalue weighted by Crippen LogP contribution is -2.46. The number of hydrogen-bond acceptors (Lipinski definition) is 6. The van der Waals surface area contributed by atoms with E-state index in [9.17, 15) is 0 Å². The topological polar surface area (TPSA) is 71.4 Å². The second-order valence-electron chi connectivity index (χ2n) is 5.02. The van der Waals surface area contributed by atoms with Gasteiger partial charge in [-0.05, 0) is 12.1 Å². The van der Waals surface area contributed by atoms with Crippen LogP contribution < -0.4 is 10.6 Å². The molecule has 1 aromatic heterocycles. The van der Waals surface area contributed by atoms with Gasteiger partial charge in [-0.25, -0.2) is 0 Å². The van der Waals surface area contributed by atoms with Gasteiger partial charge in [0.2, 0.25) is 5.89 Å². The molecular formula is C14H20Cl3N5O. The van der Waals surface area contributed by atoms with E-state index in [-0.39, 0.29) is 31.4 Å². The van der Waals surface area contributed by atoms with E-state index in [4.69, 9.17) is 21.9 Å². The van der Waals surface area contributed by atoms with Gasteiger partial charge in [0.25, 0.3) is 0 Å². The zero-order valence-electron chi connectivity index (χ0n) is 12.5. The second-order valence-corrected chi connectivity index (χ2v) is 5.43. The lowest BCUT2D eigenvalue weighted by atomic mass is 10.2. The molecule has 0 spiro atoms. The molecule has 6 nitrogen and oxygen atoms in total. The standard InChI is InChI=1S/C14H18ClN5O.2ClH/c15-11-3-1-2-4-12(11)20-7-5-19(6-8-20)10-13-17-14(9-16)21-18-13;;/h1-4H,5-10,16H2;2*1H. The van der Waals surface area contributed by atoms with E-state index in [0.717, 1.165) is 36.9 Å². The molecule has 23 heavy (non-hydrogen) atoms. The minimum Gasteiger partial charge on any atom is -0.368 e. The maximum Gasteiger partial charge on any atom is 0.240 e. The predicted molar refractivity (Wildman–Crippen MR) is 95.6 cm³/mol. The Balaban J connectivity index is 0.00000132. The van der Waals surface area contributed by atoms with Crippen LogP contribution in [-0.4, -0.2) is 41.2 Å². The van der Waals surface area contributed by atoms with Crippen molar-refractivity contribution in [2.45, 2.75) is 13.1 Å². The summed E-state index contributed by atoms with van der Waals surface area (Å²) in [5.74, 6) is 1.18. The van der Waals surface area contributed by atoms with Crippen molar-refractivity contribution < 1.29 is 4.52 Å². The maximum atomic E-state index is 6.24. The Hall–Kier alpha value is -1.05. The molecule has 2 N–H and O–H groups in total. The van der Waals surface area contributed by atoms with E-state index >= 15 is 0 Å². The number of benzene rings is 1. The predicted octanol–water partition coefficient (Wildman–Crippen LogP) is 2.35. The number of rotatable bonds is 4. The van der Waals surface area contributed by atoms with Gasteiger partial charge in [0.1, 0.15) is 0 Å². The fourth-order valence-electron chi connectivity index (χ4n) is 2.49. The Bertz CT molecular complexity index is 602. The van der Waals surface area contributed by atoms with Crippen LogP contribution in [0.1, 0.15) is 11.7 Å². The van der Waals surface area contributed by atoms with E-state index in [1.54, 1.807) is 0 Å². The lowest BCUT2D eigenvalue weighted by molar-refractivity contribution is 0.240. The number of aromatic nitrogens is 2. The summed E-state index contributed by atoms with van der Waals surface area (Å²) in [7, 11) is 0. The molecule has 1 aromatic carbocycles. The Kier molecular flexibility index (Phi) is 8.08. The number of piperazine rings is 1. The highest BCUT2D eigenvalue weighted by Crippen LogP contribution is 2.26. The molecule has 0 aliphatic carbocycles. The van der Waals surface area contributed by atoms with Crippen LogP contribution in [0.4, 0.5) is 5.69 Å². The quantitative estimate of drug-likeness (QED) is 0.878. The fraction of sp³-hybridized carbons (Fsp3) is 0.429. The van der Waals surface area contributed by atoms with Crippen molar-refractivity contribution in [1.29, 1.82) is 0 Å². The summed E-state index contributed by atoms with van der Waals surface area (Å²) >= 11 is 6.24. The van der Waals surface area contributed by atoms with Gasteiger partial charge in [-0.3, -0.25) is 4.90 Å².